The molecular weight excluding hydrogens is 504 g/mol. The van der Waals surface area contributed by atoms with Gasteiger partial charge in [-0.05, 0) is 60.8 Å². The summed E-state index contributed by atoms with van der Waals surface area (Å²) in [6.45, 7) is 0. The Bertz CT molecular complexity index is 1720. The van der Waals surface area contributed by atoms with Crippen molar-refractivity contribution in [2.24, 2.45) is 17.8 Å². The quantitative estimate of drug-likeness (QED) is 0.204. The number of para-hydroxylation sites is 2. The number of nitrogens with one attached hydrogen (secondary N) is 1. The SMILES string of the molecule is O=S(=O)([O-])c1ccccc1.c1ccc2c(c1)[nH]c1c(-c3cc[n+](C45CC6CC(CC(C6)C4)C5)cc3)cccc12. The van der Waals surface area contributed by atoms with Gasteiger partial charge < -0.3 is 9.54 Å². The molecule has 0 spiro atoms. The monoisotopic (exact) mass is 536 g/mol. The van der Waals surface area contributed by atoms with Crippen LogP contribution in [0.25, 0.3) is 32.9 Å². The van der Waals surface area contributed by atoms with Gasteiger partial charge in [0.1, 0.15) is 10.1 Å². The van der Waals surface area contributed by atoms with E-state index in [0.717, 1.165) is 17.8 Å². The molecule has 0 atom stereocenters. The Morgan fingerprint density at radius 3 is 1.92 bits per heavy atom. The number of rotatable bonds is 3. The van der Waals surface area contributed by atoms with Crippen LogP contribution in [-0.4, -0.2) is 18.0 Å². The smallest absolute Gasteiger partial charge is 0.169 e. The molecule has 4 aliphatic rings. The van der Waals surface area contributed by atoms with Crippen molar-refractivity contribution in [1.29, 1.82) is 0 Å². The van der Waals surface area contributed by atoms with Gasteiger partial charge in [0.25, 0.3) is 0 Å². The Balaban J connectivity index is 0.000000216. The van der Waals surface area contributed by atoms with Gasteiger partial charge in [0.05, 0.1) is 10.4 Å². The third kappa shape index (κ3) is 4.46. The first-order valence-electron chi connectivity index (χ1n) is 13.9. The second-order valence-electron chi connectivity index (χ2n) is 11.8. The van der Waals surface area contributed by atoms with Crippen molar-refractivity contribution < 1.29 is 17.5 Å². The molecule has 3 aromatic carbocycles. The maximum absolute atomic E-state index is 10.3. The van der Waals surface area contributed by atoms with E-state index in [1.54, 1.807) is 6.07 Å². The topological polar surface area (TPSA) is 76.9 Å². The Morgan fingerprint density at radius 2 is 1.31 bits per heavy atom. The molecule has 0 aliphatic heterocycles. The predicted octanol–water partition coefficient (Wildman–Crippen LogP) is 6.79. The third-order valence-electron chi connectivity index (χ3n) is 9.27. The van der Waals surface area contributed by atoms with Crippen molar-refractivity contribution in [1.82, 2.24) is 4.98 Å². The first kappa shape index (κ1) is 24.6. The molecule has 198 valence electrons. The molecule has 2 heterocycles. The van der Waals surface area contributed by atoms with Gasteiger partial charge in [-0.1, -0.05) is 54.6 Å². The summed E-state index contributed by atoms with van der Waals surface area (Å²) in [6.07, 6.45) is 13.5. The second-order valence-corrected chi connectivity index (χ2v) is 13.2. The predicted molar refractivity (Wildman–Crippen MR) is 152 cm³/mol. The summed E-state index contributed by atoms with van der Waals surface area (Å²) in [5.74, 6) is 2.94. The first-order chi connectivity index (χ1) is 18.9. The fourth-order valence-electron chi connectivity index (χ4n) is 8.00. The molecule has 5 nitrogen and oxygen atoms in total. The Labute approximate surface area is 229 Å². The zero-order chi connectivity index (χ0) is 26.6. The van der Waals surface area contributed by atoms with Crippen molar-refractivity contribution in [2.75, 3.05) is 0 Å². The van der Waals surface area contributed by atoms with E-state index in [0.29, 0.717) is 5.54 Å². The largest absolute Gasteiger partial charge is 0.744 e. The molecule has 6 heteroatoms. The third-order valence-corrected chi connectivity index (χ3v) is 10.1. The molecule has 39 heavy (non-hydrogen) atoms. The summed E-state index contributed by atoms with van der Waals surface area (Å²) < 4.78 is 33.4. The van der Waals surface area contributed by atoms with Crippen molar-refractivity contribution in [3.8, 4) is 11.1 Å². The number of H-pyrrole nitrogens is 1. The highest BCUT2D eigenvalue weighted by Gasteiger charge is 2.56. The van der Waals surface area contributed by atoms with Crippen molar-refractivity contribution in [2.45, 2.75) is 49.0 Å². The zero-order valence-electron chi connectivity index (χ0n) is 21.8. The van der Waals surface area contributed by atoms with E-state index in [4.69, 9.17) is 0 Å². The van der Waals surface area contributed by atoms with E-state index in [1.807, 2.05) is 0 Å². The number of fused-ring (bicyclic) bond motifs is 3. The van der Waals surface area contributed by atoms with Crippen LogP contribution in [0.2, 0.25) is 0 Å². The number of hydrogen-bond acceptors (Lipinski definition) is 3. The normalized spacial score (nSPS) is 25.5. The Hall–Kier alpha value is -3.48. The first-order valence-corrected chi connectivity index (χ1v) is 15.3. The van der Waals surface area contributed by atoms with Crippen LogP contribution in [0, 0.1) is 17.8 Å². The summed E-state index contributed by atoms with van der Waals surface area (Å²) in [4.78, 5) is 3.48. The van der Waals surface area contributed by atoms with Crippen LogP contribution in [0.15, 0.2) is 102 Å². The van der Waals surface area contributed by atoms with Gasteiger partial charge in [0, 0.05) is 53.2 Å². The van der Waals surface area contributed by atoms with Crippen LogP contribution in [0.3, 0.4) is 0 Å². The van der Waals surface area contributed by atoms with E-state index in [9.17, 15) is 13.0 Å². The highest BCUT2D eigenvalue weighted by atomic mass is 32.2. The van der Waals surface area contributed by atoms with E-state index < -0.39 is 10.1 Å². The number of aromatic nitrogens is 2. The summed E-state index contributed by atoms with van der Waals surface area (Å²) in [5.41, 5.74) is 5.48. The maximum Gasteiger partial charge on any atom is 0.169 e. The number of pyridine rings is 1. The number of aromatic amines is 1. The minimum absolute atomic E-state index is 0.185. The van der Waals surface area contributed by atoms with Crippen LogP contribution >= 0.6 is 0 Å². The van der Waals surface area contributed by atoms with E-state index >= 15 is 0 Å². The molecule has 0 radical (unpaired) electrons. The standard InChI is InChI=1S/C27H26N2.C6H6O3S/c1-2-7-25-23(4-1)24-6-3-5-22(26(24)28-25)21-8-10-29(11-9-21)27-15-18-12-19(16-27)14-20(13-18)17-27;7-10(8,9)6-4-2-1-3-5-6/h1-11,18-20H,12-17H2;1-5H,(H,7,8,9). The molecule has 4 saturated carbocycles. The molecule has 5 aromatic rings. The number of hydrogen-bond donors (Lipinski definition) is 1. The van der Waals surface area contributed by atoms with Gasteiger partial charge >= 0.3 is 0 Å². The molecular formula is C33H32N2O3S. The van der Waals surface area contributed by atoms with Crippen molar-refractivity contribution >= 4 is 31.9 Å². The number of nitrogens with zero attached hydrogens (tertiary/aromatic N) is 1. The van der Waals surface area contributed by atoms with Crippen LogP contribution in [0.5, 0.6) is 0 Å². The molecule has 4 aliphatic carbocycles. The summed E-state index contributed by atoms with van der Waals surface area (Å²) in [5, 5.41) is 2.62. The molecule has 9 rings (SSSR count). The van der Waals surface area contributed by atoms with Crippen molar-refractivity contribution in [3.05, 3.63) is 97.3 Å². The summed E-state index contributed by atoms with van der Waals surface area (Å²) >= 11 is 0. The summed E-state index contributed by atoms with van der Waals surface area (Å²) in [7, 11) is -4.25. The van der Waals surface area contributed by atoms with E-state index in [-0.39, 0.29) is 4.90 Å². The lowest BCUT2D eigenvalue weighted by Gasteiger charge is -2.53. The van der Waals surface area contributed by atoms with Crippen LogP contribution in [0.4, 0.5) is 0 Å². The van der Waals surface area contributed by atoms with Gasteiger partial charge in [-0.15, -0.1) is 0 Å². The van der Waals surface area contributed by atoms with Crippen LogP contribution in [-0.2, 0) is 15.7 Å². The minimum atomic E-state index is -4.25. The van der Waals surface area contributed by atoms with E-state index in [2.05, 4.69) is 76.5 Å². The molecule has 0 amide bonds. The molecule has 2 aromatic heterocycles. The lowest BCUT2D eigenvalue weighted by Crippen LogP contribution is -2.64. The van der Waals surface area contributed by atoms with Gasteiger partial charge in [-0.25, -0.2) is 8.42 Å². The fourth-order valence-corrected chi connectivity index (χ4v) is 8.49. The van der Waals surface area contributed by atoms with Crippen molar-refractivity contribution in [3.63, 3.8) is 0 Å². The number of benzene rings is 3. The summed E-state index contributed by atoms with van der Waals surface area (Å²) in [6, 6.07) is 27.2. The average molecular weight is 537 g/mol. The van der Waals surface area contributed by atoms with Gasteiger partial charge in [0.2, 0.25) is 0 Å². The maximum atomic E-state index is 10.3. The molecule has 0 unspecified atom stereocenters. The molecule has 4 bridgehead atoms. The highest BCUT2D eigenvalue weighted by molar-refractivity contribution is 7.85. The lowest BCUT2D eigenvalue weighted by atomic mass is 9.53. The Morgan fingerprint density at radius 1 is 0.718 bits per heavy atom. The molecule has 0 saturated heterocycles. The second kappa shape index (κ2) is 9.32. The zero-order valence-corrected chi connectivity index (χ0v) is 22.6. The van der Waals surface area contributed by atoms with Crippen LogP contribution in [0.1, 0.15) is 38.5 Å². The lowest BCUT2D eigenvalue weighted by molar-refractivity contribution is -0.776. The molecule has 4 fully saturated rings. The Kier molecular flexibility index (Phi) is 5.87. The van der Waals surface area contributed by atoms with E-state index in [1.165, 1.54) is 95.7 Å². The van der Waals surface area contributed by atoms with Gasteiger partial charge in [0.15, 0.2) is 17.9 Å². The minimum Gasteiger partial charge on any atom is -0.744 e. The fraction of sp³-hybridized carbons (Fsp3) is 0.303. The van der Waals surface area contributed by atoms with Gasteiger partial charge in [-0.3, -0.25) is 0 Å². The van der Waals surface area contributed by atoms with Gasteiger partial charge in [-0.2, -0.15) is 4.57 Å². The average Bonchev–Trinajstić information content (AvgIpc) is 3.32. The highest BCUT2D eigenvalue weighted by Crippen LogP contribution is 2.56. The van der Waals surface area contributed by atoms with Crippen LogP contribution < -0.4 is 4.57 Å². The molecule has 1 N–H and O–H groups in total.